The van der Waals surface area contributed by atoms with Gasteiger partial charge in [0.25, 0.3) is 5.88 Å². The van der Waals surface area contributed by atoms with Crippen LogP contribution >= 0.6 is 0 Å². The summed E-state index contributed by atoms with van der Waals surface area (Å²) in [4.78, 5) is 3.70. The van der Waals surface area contributed by atoms with Gasteiger partial charge >= 0.3 is 0 Å². The minimum atomic E-state index is -0.749. The highest BCUT2D eigenvalue weighted by molar-refractivity contribution is 5.32. The molecule has 0 aliphatic rings. The zero-order valence-corrected chi connectivity index (χ0v) is 9.65. The average Bonchev–Trinajstić information content (AvgIpc) is 2.36. The van der Waals surface area contributed by atoms with Crippen molar-refractivity contribution in [3.05, 3.63) is 53.2 Å². The number of aliphatic hydroxyl groups is 1. The first-order valence-corrected chi connectivity index (χ1v) is 5.30. The van der Waals surface area contributed by atoms with E-state index in [1.807, 2.05) is 0 Å². The van der Waals surface area contributed by atoms with Gasteiger partial charge in [-0.3, -0.25) is 0 Å². The van der Waals surface area contributed by atoms with Crippen molar-refractivity contribution in [1.29, 1.82) is 0 Å². The fraction of sp³-hybridized carbons (Fsp3) is 0.154. The number of nitrogens with zero attached hydrogens (tertiary/aromatic N) is 1. The van der Waals surface area contributed by atoms with E-state index in [1.54, 1.807) is 6.92 Å². The normalized spacial score (nSPS) is 10.4. The zero-order chi connectivity index (χ0) is 13.1. The summed E-state index contributed by atoms with van der Waals surface area (Å²) >= 11 is 0. The lowest BCUT2D eigenvalue weighted by Crippen LogP contribution is -1.97. The third-order valence-electron chi connectivity index (χ3n) is 2.47. The van der Waals surface area contributed by atoms with Gasteiger partial charge in [0.05, 0.1) is 6.61 Å². The number of hydrogen-bond donors (Lipinski definition) is 1. The molecule has 1 heterocycles. The second kappa shape index (κ2) is 5.10. The van der Waals surface area contributed by atoms with Crippen molar-refractivity contribution in [3.8, 4) is 11.6 Å². The Labute approximate surface area is 103 Å². The number of halogens is 2. The predicted molar refractivity (Wildman–Crippen MR) is 61.3 cm³/mol. The second-order valence-electron chi connectivity index (χ2n) is 3.76. The van der Waals surface area contributed by atoms with E-state index in [4.69, 9.17) is 9.84 Å². The minimum absolute atomic E-state index is 0.0765. The second-order valence-corrected chi connectivity index (χ2v) is 3.76. The van der Waals surface area contributed by atoms with E-state index in [0.717, 1.165) is 6.07 Å². The molecule has 0 amide bonds. The van der Waals surface area contributed by atoms with E-state index in [1.165, 1.54) is 24.4 Å². The summed E-state index contributed by atoms with van der Waals surface area (Å²) in [6.07, 6.45) is 1.31. The van der Waals surface area contributed by atoms with E-state index < -0.39 is 18.2 Å². The first kappa shape index (κ1) is 12.4. The molecule has 1 N–H and O–H groups in total. The molecule has 2 aromatic rings. The Morgan fingerprint density at radius 3 is 2.72 bits per heavy atom. The molecular formula is C13H11F2NO2. The maximum Gasteiger partial charge on any atom is 0.256 e. The van der Waals surface area contributed by atoms with Crippen molar-refractivity contribution in [1.82, 2.24) is 4.98 Å². The number of pyridine rings is 1. The van der Waals surface area contributed by atoms with Crippen LogP contribution in [0.5, 0.6) is 11.6 Å². The Balaban J connectivity index is 2.31. The van der Waals surface area contributed by atoms with Crippen LogP contribution in [0.2, 0.25) is 0 Å². The molecular weight excluding hydrogens is 240 g/mol. The molecule has 0 spiro atoms. The fourth-order valence-electron chi connectivity index (χ4n) is 1.40. The van der Waals surface area contributed by atoms with Gasteiger partial charge in [-0.25, -0.2) is 13.8 Å². The Bertz CT molecular complexity index is 573. The number of hydrogen-bond acceptors (Lipinski definition) is 3. The van der Waals surface area contributed by atoms with Crippen molar-refractivity contribution >= 4 is 0 Å². The quantitative estimate of drug-likeness (QED) is 0.911. The molecule has 94 valence electrons. The van der Waals surface area contributed by atoms with Crippen LogP contribution in [0.3, 0.4) is 0 Å². The zero-order valence-electron chi connectivity index (χ0n) is 9.65. The molecule has 0 radical (unpaired) electrons. The minimum Gasteiger partial charge on any atom is -0.436 e. The highest BCUT2D eigenvalue weighted by Crippen LogP contribution is 2.25. The number of benzene rings is 1. The number of aliphatic hydroxyl groups excluding tert-OH is 1. The number of rotatable bonds is 3. The van der Waals surface area contributed by atoms with Gasteiger partial charge in [-0.15, -0.1) is 0 Å². The molecule has 0 fully saturated rings. The molecule has 0 atom stereocenters. The van der Waals surface area contributed by atoms with Crippen molar-refractivity contribution in [2.24, 2.45) is 0 Å². The summed E-state index contributed by atoms with van der Waals surface area (Å²) < 4.78 is 32.1. The van der Waals surface area contributed by atoms with Crippen LogP contribution in [0.4, 0.5) is 8.78 Å². The molecule has 0 bridgehead atoms. The van der Waals surface area contributed by atoms with Gasteiger partial charge in [0.1, 0.15) is 11.6 Å². The topological polar surface area (TPSA) is 42.4 Å². The van der Waals surface area contributed by atoms with E-state index in [-0.39, 0.29) is 17.2 Å². The van der Waals surface area contributed by atoms with Crippen molar-refractivity contribution in [3.63, 3.8) is 0 Å². The third kappa shape index (κ3) is 2.46. The first-order chi connectivity index (χ1) is 8.61. The fourth-order valence-corrected chi connectivity index (χ4v) is 1.40. The Kier molecular flexibility index (Phi) is 3.53. The summed E-state index contributed by atoms with van der Waals surface area (Å²) in [5.41, 5.74) is 0.549. The lowest BCUT2D eigenvalue weighted by Gasteiger charge is -2.08. The van der Waals surface area contributed by atoms with Gasteiger partial charge in [-0.1, -0.05) is 6.07 Å². The molecule has 1 aromatic carbocycles. The van der Waals surface area contributed by atoms with Gasteiger partial charge in [-0.05, 0) is 24.6 Å². The summed E-state index contributed by atoms with van der Waals surface area (Å²) in [6.45, 7) is 1.16. The molecule has 18 heavy (non-hydrogen) atoms. The van der Waals surface area contributed by atoms with E-state index in [9.17, 15) is 8.78 Å². The van der Waals surface area contributed by atoms with Crippen molar-refractivity contribution in [2.45, 2.75) is 13.5 Å². The van der Waals surface area contributed by atoms with Crippen LogP contribution in [-0.4, -0.2) is 10.1 Å². The predicted octanol–water partition coefficient (Wildman–Crippen LogP) is 2.95. The van der Waals surface area contributed by atoms with Crippen LogP contribution < -0.4 is 4.74 Å². The largest absolute Gasteiger partial charge is 0.436 e. The van der Waals surface area contributed by atoms with Gasteiger partial charge in [-0.2, -0.15) is 0 Å². The molecule has 1 aromatic heterocycles. The van der Waals surface area contributed by atoms with Crippen LogP contribution in [0.25, 0.3) is 0 Å². The van der Waals surface area contributed by atoms with Gasteiger partial charge in [0, 0.05) is 17.8 Å². The maximum atomic E-state index is 13.7. The summed E-state index contributed by atoms with van der Waals surface area (Å²) in [5, 5.41) is 8.91. The lowest BCUT2D eigenvalue weighted by atomic mass is 10.2. The standard InChI is InChI=1S/C13H11F2NO2/c1-8-2-3-10(6-11(8)14)18-13-12(15)9(7-17)4-5-16-13/h2-6,17H,7H2,1H3. The first-order valence-electron chi connectivity index (χ1n) is 5.30. The monoisotopic (exact) mass is 251 g/mol. The maximum absolute atomic E-state index is 13.7. The number of aryl methyl sites for hydroxylation is 1. The molecule has 0 aliphatic carbocycles. The average molecular weight is 251 g/mol. The molecule has 5 heteroatoms. The van der Waals surface area contributed by atoms with Gasteiger partial charge < -0.3 is 9.84 Å². The Hall–Kier alpha value is -2.01. The Morgan fingerprint density at radius 2 is 2.06 bits per heavy atom. The van der Waals surface area contributed by atoms with E-state index in [2.05, 4.69) is 4.98 Å². The van der Waals surface area contributed by atoms with E-state index in [0.29, 0.717) is 5.56 Å². The molecule has 0 aliphatic heterocycles. The summed E-state index contributed by atoms with van der Waals surface area (Å²) in [5.74, 6) is -1.32. The van der Waals surface area contributed by atoms with Crippen LogP contribution in [0.15, 0.2) is 30.5 Å². The molecule has 2 rings (SSSR count). The summed E-state index contributed by atoms with van der Waals surface area (Å²) in [6, 6.07) is 5.55. The highest BCUT2D eigenvalue weighted by atomic mass is 19.1. The third-order valence-corrected chi connectivity index (χ3v) is 2.47. The highest BCUT2D eigenvalue weighted by Gasteiger charge is 2.11. The van der Waals surface area contributed by atoms with Crippen molar-refractivity contribution < 1.29 is 18.6 Å². The van der Waals surface area contributed by atoms with Crippen LogP contribution in [-0.2, 0) is 6.61 Å². The van der Waals surface area contributed by atoms with Gasteiger partial charge in [0.15, 0.2) is 5.82 Å². The van der Waals surface area contributed by atoms with Gasteiger partial charge in [0.2, 0.25) is 0 Å². The number of aromatic nitrogens is 1. The SMILES string of the molecule is Cc1ccc(Oc2nccc(CO)c2F)cc1F. The number of ether oxygens (including phenoxy) is 1. The van der Waals surface area contributed by atoms with Crippen molar-refractivity contribution in [2.75, 3.05) is 0 Å². The lowest BCUT2D eigenvalue weighted by molar-refractivity contribution is 0.273. The molecule has 0 saturated heterocycles. The summed E-state index contributed by atoms with van der Waals surface area (Å²) in [7, 11) is 0. The smallest absolute Gasteiger partial charge is 0.256 e. The Morgan fingerprint density at radius 1 is 1.28 bits per heavy atom. The van der Waals surface area contributed by atoms with Crippen LogP contribution in [0.1, 0.15) is 11.1 Å². The van der Waals surface area contributed by atoms with Crippen LogP contribution in [0, 0.1) is 18.6 Å². The van der Waals surface area contributed by atoms with E-state index >= 15 is 0 Å². The molecule has 3 nitrogen and oxygen atoms in total. The molecule has 0 unspecified atom stereocenters. The molecule has 0 saturated carbocycles.